The molecule has 24 heavy (non-hydrogen) atoms. The van der Waals surface area contributed by atoms with Crippen LogP contribution in [-0.2, 0) is 19.6 Å². The van der Waals surface area contributed by atoms with Crippen molar-refractivity contribution in [2.24, 2.45) is 0 Å². The van der Waals surface area contributed by atoms with Gasteiger partial charge in [0, 0.05) is 30.5 Å². The zero-order valence-electron chi connectivity index (χ0n) is 13.9. The van der Waals surface area contributed by atoms with Gasteiger partial charge in [-0.15, -0.1) is 0 Å². The summed E-state index contributed by atoms with van der Waals surface area (Å²) in [5.41, 5.74) is 0. The number of halogens is 1. The number of likely N-dealkylation sites (N-methyl/N-ethyl adjacent to an activating group) is 1. The lowest BCUT2D eigenvalue weighted by Crippen LogP contribution is -2.41. The highest BCUT2D eigenvalue weighted by Crippen LogP contribution is 2.15. The highest BCUT2D eigenvalue weighted by molar-refractivity contribution is 9.10. The monoisotopic (exact) mass is 419 g/mol. The summed E-state index contributed by atoms with van der Waals surface area (Å²) in [4.78, 5) is 24.9. The Labute approximate surface area is 151 Å². The zero-order chi connectivity index (χ0) is 18.3. The Bertz CT molecular complexity index is 692. The summed E-state index contributed by atoms with van der Waals surface area (Å²) in [6, 6.07) is 6.28. The highest BCUT2D eigenvalue weighted by Gasteiger charge is 2.17. The van der Waals surface area contributed by atoms with Gasteiger partial charge in [-0.2, -0.15) is 0 Å². The summed E-state index contributed by atoms with van der Waals surface area (Å²) in [6.45, 7) is 3.56. The van der Waals surface area contributed by atoms with Crippen LogP contribution in [0.1, 0.15) is 20.3 Å². The molecule has 0 aromatic heterocycles. The Hall–Kier alpha value is -1.45. The van der Waals surface area contributed by atoms with Crippen molar-refractivity contribution in [2.45, 2.75) is 31.2 Å². The third-order valence-corrected chi connectivity index (χ3v) is 4.95. The van der Waals surface area contributed by atoms with E-state index in [0.29, 0.717) is 4.47 Å². The molecular weight excluding hydrogens is 398 g/mol. The predicted molar refractivity (Wildman–Crippen MR) is 94.9 cm³/mol. The lowest BCUT2D eigenvalue weighted by molar-refractivity contribution is -0.134. The van der Waals surface area contributed by atoms with E-state index in [-0.39, 0.29) is 42.3 Å². The topological polar surface area (TPSA) is 95.6 Å². The van der Waals surface area contributed by atoms with Crippen LogP contribution in [-0.4, -0.2) is 51.3 Å². The minimum atomic E-state index is -3.67. The number of benzene rings is 1. The molecule has 0 aliphatic rings. The van der Waals surface area contributed by atoms with E-state index < -0.39 is 10.0 Å². The maximum atomic E-state index is 12.1. The SMILES string of the molecule is CC(C)NC(=O)CN(C)C(=O)CCNS(=O)(=O)c1cccc(Br)c1. The number of hydrogen-bond acceptors (Lipinski definition) is 4. The molecule has 134 valence electrons. The van der Waals surface area contributed by atoms with Gasteiger partial charge in [-0.1, -0.05) is 22.0 Å². The molecule has 1 aromatic rings. The maximum Gasteiger partial charge on any atom is 0.240 e. The standard InChI is InChI=1S/C15H22BrN3O4S/c1-11(2)18-14(20)10-19(3)15(21)7-8-17-24(22,23)13-6-4-5-12(16)9-13/h4-6,9,11,17H,7-8,10H2,1-3H3,(H,18,20). The first kappa shape index (κ1) is 20.6. The van der Waals surface area contributed by atoms with Crippen molar-refractivity contribution in [3.05, 3.63) is 28.7 Å². The van der Waals surface area contributed by atoms with E-state index >= 15 is 0 Å². The summed E-state index contributed by atoms with van der Waals surface area (Å²) in [5.74, 6) is -0.568. The molecule has 0 aliphatic carbocycles. The van der Waals surface area contributed by atoms with Crippen molar-refractivity contribution >= 4 is 37.8 Å². The third-order valence-electron chi connectivity index (χ3n) is 2.99. The van der Waals surface area contributed by atoms with Gasteiger partial charge >= 0.3 is 0 Å². The highest BCUT2D eigenvalue weighted by atomic mass is 79.9. The molecule has 0 fully saturated rings. The average Bonchev–Trinajstić information content (AvgIpc) is 2.45. The Morgan fingerprint density at radius 1 is 1.29 bits per heavy atom. The number of sulfonamides is 1. The van der Waals surface area contributed by atoms with Crippen molar-refractivity contribution in [1.29, 1.82) is 0 Å². The van der Waals surface area contributed by atoms with Gasteiger partial charge < -0.3 is 10.2 Å². The van der Waals surface area contributed by atoms with Gasteiger partial charge in [0.05, 0.1) is 11.4 Å². The fourth-order valence-electron chi connectivity index (χ4n) is 1.87. The molecular formula is C15H22BrN3O4S. The predicted octanol–water partition coefficient (Wildman–Crippen LogP) is 1.10. The van der Waals surface area contributed by atoms with Crippen molar-refractivity contribution in [3.63, 3.8) is 0 Å². The summed E-state index contributed by atoms with van der Waals surface area (Å²) in [7, 11) is -2.17. The van der Waals surface area contributed by atoms with Gasteiger partial charge in [0.2, 0.25) is 21.8 Å². The van der Waals surface area contributed by atoms with Crippen molar-refractivity contribution in [3.8, 4) is 0 Å². The maximum absolute atomic E-state index is 12.1. The largest absolute Gasteiger partial charge is 0.352 e. The molecule has 0 bridgehead atoms. The Morgan fingerprint density at radius 3 is 2.54 bits per heavy atom. The first-order chi connectivity index (χ1) is 11.1. The number of rotatable bonds is 8. The van der Waals surface area contributed by atoms with Crippen LogP contribution < -0.4 is 10.0 Å². The summed E-state index contributed by atoms with van der Waals surface area (Å²) in [5, 5.41) is 2.69. The molecule has 9 heteroatoms. The smallest absolute Gasteiger partial charge is 0.240 e. The van der Waals surface area contributed by atoms with Gasteiger partial charge in [0.1, 0.15) is 0 Å². The minimum Gasteiger partial charge on any atom is -0.352 e. The second-order valence-electron chi connectivity index (χ2n) is 5.58. The number of carbonyl (C=O) groups excluding carboxylic acids is 2. The molecule has 1 aromatic carbocycles. The fourth-order valence-corrected chi connectivity index (χ4v) is 3.50. The van der Waals surface area contributed by atoms with Gasteiger partial charge in [-0.05, 0) is 32.0 Å². The second-order valence-corrected chi connectivity index (χ2v) is 8.26. The van der Waals surface area contributed by atoms with Crippen LogP contribution in [0.3, 0.4) is 0 Å². The summed E-state index contributed by atoms with van der Waals surface area (Å²) < 4.78 is 27.3. The van der Waals surface area contributed by atoms with E-state index in [1.54, 1.807) is 12.1 Å². The fraction of sp³-hybridized carbons (Fsp3) is 0.467. The number of carbonyl (C=O) groups is 2. The van der Waals surface area contributed by atoms with E-state index in [2.05, 4.69) is 26.0 Å². The molecule has 0 aliphatic heterocycles. The molecule has 0 radical (unpaired) electrons. The Balaban J connectivity index is 2.48. The van der Waals surface area contributed by atoms with E-state index in [1.165, 1.54) is 24.1 Å². The van der Waals surface area contributed by atoms with Crippen LogP contribution in [0.15, 0.2) is 33.6 Å². The van der Waals surface area contributed by atoms with E-state index in [9.17, 15) is 18.0 Å². The minimum absolute atomic E-state index is 0.00184. The molecule has 2 amide bonds. The van der Waals surface area contributed by atoms with Gasteiger partial charge in [0.25, 0.3) is 0 Å². The Kier molecular flexibility index (Phi) is 7.85. The third kappa shape index (κ3) is 6.98. The Morgan fingerprint density at radius 2 is 1.96 bits per heavy atom. The van der Waals surface area contributed by atoms with E-state index in [1.807, 2.05) is 13.8 Å². The van der Waals surface area contributed by atoms with Gasteiger partial charge in [-0.25, -0.2) is 13.1 Å². The number of amides is 2. The summed E-state index contributed by atoms with van der Waals surface area (Å²) in [6.07, 6.45) is -0.0291. The van der Waals surface area contributed by atoms with Crippen LogP contribution >= 0.6 is 15.9 Å². The van der Waals surface area contributed by atoms with Crippen LogP contribution in [0.4, 0.5) is 0 Å². The van der Waals surface area contributed by atoms with Crippen LogP contribution in [0.2, 0.25) is 0 Å². The van der Waals surface area contributed by atoms with Crippen molar-refractivity contribution in [1.82, 2.24) is 14.9 Å². The summed E-state index contributed by atoms with van der Waals surface area (Å²) >= 11 is 3.21. The molecule has 7 nitrogen and oxygen atoms in total. The first-order valence-electron chi connectivity index (χ1n) is 7.40. The van der Waals surface area contributed by atoms with E-state index in [0.717, 1.165) is 0 Å². The molecule has 0 saturated carbocycles. The molecule has 2 N–H and O–H groups in total. The lowest BCUT2D eigenvalue weighted by Gasteiger charge is -2.18. The van der Waals surface area contributed by atoms with Crippen molar-refractivity contribution in [2.75, 3.05) is 20.1 Å². The first-order valence-corrected chi connectivity index (χ1v) is 9.68. The average molecular weight is 420 g/mol. The van der Waals surface area contributed by atoms with Gasteiger partial charge in [0.15, 0.2) is 0 Å². The normalized spacial score (nSPS) is 11.4. The lowest BCUT2D eigenvalue weighted by atomic mass is 10.3. The molecule has 0 saturated heterocycles. The number of hydrogen-bond donors (Lipinski definition) is 2. The quantitative estimate of drug-likeness (QED) is 0.659. The zero-order valence-corrected chi connectivity index (χ0v) is 16.3. The molecule has 0 heterocycles. The van der Waals surface area contributed by atoms with Crippen LogP contribution in [0.5, 0.6) is 0 Å². The van der Waals surface area contributed by atoms with Gasteiger partial charge in [-0.3, -0.25) is 9.59 Å². The van der Waals surface area contributed by atoms with Crippen molar-refractivity contribution < 1.29 is 18.0 Å². The molecule has 1 rings (SSSR count). The number of nitrogens with zero attached hydrogens (tertiary/aromatic N) is 1. The molecule has 0 spiro atoms. The second kappa shape index (κ2) is 9.14. The molecule has 0 atom stereocenters. The van der Waals surface area contributed by atoms with Crippen LogP contribution in [0, 0.1) is 0 Å². The van der Waals surface area contributed by atoms with Crippen LogP contribution in [0.25, 0.3) is 0 Å². The molecule has 0 unspecified atom stereocenters. The number of nitrogens with one attached hydrogen (secondary N) is 2. The van der Waals surface area contributed by atoms with E-state index in [4.69, 9.17) is 0 Å².